The van der Waals surface area contributed by atoms with E-state index in [2.05, 4.69) is 5.32 Å². The lowest BCUT2D eigenvalue weighted by atomic mass is 10.4. The lowest BCUT2D eigenvalue weighted by Gasteiger charge is -2.20. The molecule has 1 atom stereocenters. The van der Waals surface area contributed by atoms with Crippen LogP contribution >= 0.6 is 11.8 Å². The predicted molar refractivity (Wildman–Crippen MR) is 45.3 cm³/mol. The number of carbonyl (C=O) groups excluding carboxylic acids is 2. The Hall–Kier alpha value is -0.550. The standard InChI is InChI=1S/C7H10N2O2S/c10-5-1-2-6(11)9(5)7-8-3-4-12-7/h7-8H,1-4H2. The zero-order valence-electron chi connectivity index (χ0n) is 6.58. The molecule has 66 valence electrons. The van der Waals surface area contributed by atoms with Gasteiger partial charge >= 0.3 is 0 Å². The van der Waals surface area contributed by atoms with Gasteiger partial charge in [0.1, 0.15) is 5.50 Å². The maximum atomic E-state index is 11.2. The highest BCUT2D eigenvalue weighted by atomic mass is 32.2. The maximum absolute atomic E-state index is 11.2. The van der Waals surface area contributed by atoms with Gasteiger partial charge in [-0.1, -0.05) is 0 Å². The van der Waals surface area contributed by atoms with Crippen LogP contribution in [0, 0.1) is 0 Å². The van der Waals surface area contributed by atoms with E-state index in [0.29, 0.717) is 12.8 Å². The van der Waals surface area contributed by atoms with Crippen LogP contribution < -0.4 is 5.32 Å². The van der Waals surface area contributed by atoms with Crippen LogP contribution in [0.2, 0.25) is 0 Å². The summed E-state index contributed by atoms with van der Waals surface area (Å²) in [7, 11) is 0. The summed E-state index contributed by atoms with van der Waals surface area (Å²) in [5.74, 6) is 0.903. The number of likely N-dealkylation sites (tertiary alicyclic amines) is 1. The van der Waals surface area contributed by atoms with Gasteiger partial charge in [0.15, 0.2) is 0 Å². The second-order valence-corrected chi connectivity index (χ2v) is 4.02. The van der Waals surface area contributed by atoms with E-state index >= 15 is 0 Å². The monoisotopic (exact) mass is 186 g/mol. The minimum atomic E-state index is -0.0903. The molecule has 2 amide bonds. The molecule has 0 bridgehead atoms. The lowest BCUT2D eigenvalue weighted by molar-refractivity contribution is -0.139. The molecule has 2 aliphatic heterocycles. The van der Waals surface area contributed by atoms with Crippen LogP contribution in [0.4, 0.5) is 0 Å². The van der Waals surface area contributed by atoms with Gasteiger partial charge in [-0.05, 0) is 0 Å². The summed E-state index contributed by atoms with van der Waals surface area (Å²) in [4.78, 5) is 23.8. The molecule has 1 N–H and O–H groups in total. The Labute approximate surface area is 74.7 Å². The van der Waals surface area contributed by atoms with E-state index in [1.807, 2.05) is 0 Å². The first-order chi connectivity index (χ1) is 5.79. The third-order valence-electron chi connectivity index (χ3n) is 2.02. The number of rotatable bonds is 1. The van der Waals surface area contributed by atoms with Crippen molar-refractivity contribution >= 4 is 23.6 Å². The highest BCUT2D eigenvalue weighted by Crippen LogP contribution is 2.23. The zero-order chi connectivity index (χ0) is 8.55. The van der Waals surface area contributed by atoms with Gasteiger partial charge in [-0.15, -0.1) is 11.8 Å². The van der Waals surface area contributed by atoms with E-state index in [4.69, 9.17) is 0 Å². The van der Waals surface area contributed by atoms with Gasteiger partial charge in [-0.3, -0.25) is 19.8 Å². The molecule has 0 radical (unpaired) electrons. The van der Waals surface area contributed by atoms with E-state index in [9.17, 15) is 9.59 Å². The topological polar surface area (TPSA) is 49.4 Å². The molecule has 2 aliphatic rings. The number of hydrogen-bond donors (Lipinski definition) is 1. The van der Waals surface area contributed by atoms with Crippen molar-refractivity contribution in [3.8, 4) is 0 Å². The van der Waals surface area contributed by atoms with Crippen LogP contribution in [0.15, 0.2) is 0 Å². The summed E-state index contributed by atoms with van der Waals surface area (Å²) in [6, 6.07) is 0. The molecule has 2 heterocycles. The summed E-state index contributed by atoms with van der Waals surface area (Å²) in [6.45, 7) is 0.881. The molecular weight excluding hydrogens is 176 g/mol. The molecule has 0 aromatic rings. The second kappa shape index (κ2) is 3.06. The van der Waals surface area contributed by atoms with Crippen molar-refractivity contribution in [2.24, 2.45) is 0 Å². The first-order valence-electron chi connectivity index (χ1n) is 3.99. The Morgan fingerprint density at radius 1 is 1.33 bits per heavy atom. The van der Waals surface area contributed by atoms with Gasteiger partial charge in [0.05, 0.1) is 0 Å². The number of amides is 2. The van der Waals surface area contributed by atoms with Gasteiger partial charge in [0.25, 0.3) is 0 Å². The van der Waals surface area contributed by atoms with Crippen molar-refractivity contribution in [1.29, 1.82) is 0 Å². The maximum Gasteiger partial charge on any atom is 0.231 e. The molecule has 2 saturated heterocycles. The number of thioether (sulfide) groups is 1. The summed E-state index contributed by atoms with van der Waals surface area (Å²) in [6.07, 6.45) is 0.773. The van der Waals surface area contributed by atoms with Crippen molar-refractivity contribution in [3.05, 3.63) is 0 Å². The van der Waals surface area contributed by atoms with Crippen LogP contribution in [0.1, 0.15) is 12.8 Å². The molecule has 0 aromatic heterocycles. The lowest BCUT2D eigenvalue weighted by Crippen LogP contribution is -2.43. The number of hydrogen-bond acceptors (Lipinski definition) is 4. The quantitative estimate of drug-likeness (QED) is 0.574. The van der Waals surface area contributed by atoms with Crippen molar-refractivity contribution < 1.29 is 9.59 Å². The molecule has 0 saturated carbocycles. The summed E-state index contributed by atoms with van der Waals surface area (Å²) in [5.41, 5.74) is -0.0903. The normalized spacial score (nSPS) is 30.3. The first kappa shape index (κ1) is 8.07. The number of nitrogens with one attached hydrogen (secondary N) is 1. The van der Waals surface area contributed by atoms with Gasteiger partial charge < -0.3 is 0 Å². The van der Waals surface area contributed by atoms with Crippen molar-refractivity contribution in [1.82, 2.24) is 10.2 Å². The minimum Gasteiger partial charge on any atom is -0.287 e. The van der Waals surface area contributed by atoms with Crippen molar-refractivity contribution in [3.63, 3.8) is 0 Å². The second-order valence-electron chi connectivity index (χ2n) is 2.83. The molecule has 2 fully saturated rings. The third kappa shape index (κ3) is 1.23. The van der Waals surface area contributed by atoms with E-state index in [-0.39, 0.29) is 17.3 Å². The van der Waals surface area contributed by atoms with Crippen molar-refractivity contribution in [2.45, 2.75) is 18.3 Å². The molecular formula is C7H10N2O2S. The third-order valence-corrected chi connectivity index (χ3v) is 3.15. The largest absolute Gasteiger partial charge is 0.287 e. The zero-order valence-corrected chi connectivity index (χ0v) is 7.39. The fraction of sp³-hybridized carbons (Fsp3) is 0.714. The fourth-order valence-corrected chi connectivity index (χ4v) is 2.51. The van der Waals surface area contributed by atoms with E-state index < -0.39 is 0 Å². The Kier molecular flexibility index (Phi) is 2.06. The summed E-state index contributed by atoms with van der Waals surface area (Å²) < 4.78 is 0. The predicted octanol–water partition coefficient (Wildman–Crippen LogP) is -0.245. The van der Waals surface area contributed by atoms with Crippen LogP contribution in [0.5, 0.6) is 0 Å². The summed E-state index contributed by atoms with van der Waals surface area (Å²) >= 11 is 1.62. The van der Waals surface area contributed by atoms with Crippen LogP contribution in [0.25, 0.3) is 0 Å². The van der Waals surface area contributed by atoms with Crippen molar-refractivity contribution in [2.75, 3.05) is 12.3 Å². The average Bonchev–Trinajstić information content (AvgIpc) is 2.61. The number of carbonyl (C=O) groups is 2. The summed E-state index contributed by atoms with van der Waals surface area (Å²) in [5, 5.41) is 3.11. The van der Waals surface area contributed by atoms with Crippen LogP contribution in [-0.4, -0.2) is 34.5 Å². The smallest absolute Gasteiger partial charge is 0.231 e. The molecule has 1 unspecified atom stereocenters. The molecule has 5 heteroatoms. The van der Waals surface area contributed by atoms with E-state index in [1.54, 1.807) is 11.8 Å². The van der Waals surface area contributed by atoms with E-state index in [0.717, 1.165) is 12.3 Å². The Morgan fingerprint density at radius 2 is 2.00 bits per heavy atom. The SMILES string of the molecule is O=C1CCC(=O)N1C1NCCS1. The molecule has 4 nitrogen and oxygen atoms in total. The molecule has 0 aliphatic carbocycles. The molecule has 0 aromatic carbocycles. The van der Waals surface area contributed by atoms with Crippen LogP contribution in [0.3, 0.4) is 0 Å². The van der Waals surface area contributed by atoms with E-state index in [1.165, 1.54) is 4.90 Å². The Balaban J connectivity index is 2.09. The fourth-order valence-electron chi connectivity index (χ4n) is 1.43. The molecule has 12 heavy (non-hydrogen) atoms. The van der Waals surface area contributed by atoms with Crippen LogP contribution in [-0.2, 0) is 9.59 Å². The first-order valence-corrected chi connectivity index (χ1v) is 5.04. The highest BCUT2D eigenvalue weighted by molar-refractivity contribution is 8.00. The van der Waals surface area contributed by atoms with Gasteiger partial charge in [-0.2, -0.15) is 0 Å². The van der Waals surface area contributed by atoms with Gasteiger partial charge in [-0.25, -0.2) is 0 Å². The average molecular weight is 186 g/mol. The number of nitrogens with zero attached hydrogens (tertiary/aromatic N) is 1. The van der Waals surface area contributed by atoms with Gasteiger partial charge in [0, 0.05) is 25.1 Å². The van der Waals surface area contributed by atoms with Gasteiger partial charge in [0.2, 0.25) is 11.8 Å². The number of imide groups is 1. The Bertz CT molecular complexity index is 209. The molecule has 0 spiro atoms. The highest BCUT2D eigenvalue weighted by Gasteiger charge is 2.36. The molecule has 2 rings (SSSR count). The minimum absolute atomic E-state index is 0.0353. The Morgan fingerprint density at radius 3 is 2.50 bits per heavy atom.